The van der Waals surface area contributed by atoms with Crippen LogP contribution in [-0.4, -0.2) is 20.5 Å². The van der Waals surface area contributed by atoms with E-state index >= 15 is 0 Å². The van der Waals surface area contributed by atoms with Gasteiger partial charge in [-0.2, -0.15) is 0 Å². The molecule has 0 bridgehead atoms. The first-order valence-electron chi connectivity index (χ1n) is 7.22. The number of sulfonamides is 1. The maximum Gasteiger partial charge on any atom is 0.241 e. The van der Waals surface area contributed by atoms with Gasteiger partial charge in [-0.25, -0.2) is 17.5 Å². The van der Waals surface area contributed by atoms with Gasteiger partial charge in [-0.3, -0.25) is 0 Å². The third kappa shape index (κ3) is 5.05. The lowest BCUT2D eigenvalue weighted by Crippen LogP contribution is -2.32. The summed E-state index contributed by atoms with van der Waals surface area (Å²) in [7, 11) is -3.70. The van der Waals surface area contributed by atoms with E-state index in [0.29, 0.717) is 18.5 Å². The van der Waals surface area contributed by atoms with Gasteiger partial charge in [0.15, 0.2) is 0 Å². The highest BCUT2D eigenvalue weighted by Gasteiger charge is 2.21. The maximum atomic E-state index is 14.0. The van der Waals surface area contributed by atoms with Crippen LogP contribution in [0.1, 0.15) is 45.2 Å². The van der Waals surface area contributed by atoms with Crippen molar-refractivity contribution in [2.24, 2.45) is 0 Å². The van der Waals surface area contributed by atoms with E-state index in [9.17, 15) is 12.8 Å². The molecule has 0 amide bonds. The number of benzene rings is 1. The Bertz CT molecular complexity index is 586. The summed E-state index contributed by atoms with van der Waals surface area (Å²) in [5.74, 6) is -0.498. The molecule has 4 nitrogen and oxygen atoms in total. The molecule has 0 aliphatic carbocycles. The molecule has 120 valence electrons. The topological polar surface area (TPSA) is 58.2 Å². The zero-order valence-corrected chi connectivity index (χ0v) is 14.1. The predicted octanol–water partition coefficient (Wildman–Crippen LogP) is 2.71. The SMILES string of the molecule is CCC(C)NS(=O)(=O)c1cc(CNC(C)C)cc(F)c1C. The van der Waals surface area contributed by atoms with Crippen LogP contribution in [0.25, 0.3) is 0 Å². The van der Waals surface area contributed by atoms with Gasteiger partial charge in [0.2, 0.25) is 10.0 Å². The van der Waals surface area contributed by atoms with Crippen molar-refractivity contribution < 1.29 is 12.8 Å². The first-order valence-corrected chi connectivity index (χ1v) is 8.70. The van der Waals surface area contributed by atoms with Crippen LogP contribution in [0.4, 0.5) is 4.39 Å². The van der Waals surface area contributed by atoms with Crippen molar-refractivity contribution in [1.29, 1.82) is 0 Å². The first kappa shape index (κ1) is 18.1. The highest BCUT2D eigenvalue weighted by atomic mass is 32.2. The molecule has 1 atom stereocenters. The van der Waals surface area contributed by atoms with E-state index in [1.54, 1.807) is 13.0 Å². The lowest BCUT2D eigenvalue weighted by Gasteiger charge is -2.16. The van der Waals surface area contributed by atoms with Crippen LogP contribution in [0.15, 0.2) is 17.0 Å². The number of hydrogen-bond donors (Lipinski definition) is 2. The summed E-state index contributed by atoms with van der Waals surface area (Å²) in [6.45, 7) is 9.55. The monoisotopic (exact) mass is 316 g/mol. The van der Waals surface area contributed by atoms with Gasteiger partial charge in [-0.15, -0.1) is 0 Å². The lowest BCUT2D eigenvalue weighted by atomic mass is 10.1. The van der Waals surface area contributed by atoms with Crippen molar-refractivity contribution >= 4 is 10.0 Å². The van der Waals surface area contributed by atoms with E-state index in [4.69, 9.17) is 0 Å². The van der Waals surface area contributed by atoms with E-state index in [0.717, 1.165) is 0 Å². The second kappa shape index (κ2) is 7.33. The van der Waals surface area contributed by atoms with Crippen LogP contribution >= 0.6 is 0 Å². The molecule has 0 aliphatic rings. The van der Waals surface area contributed by atoms with Crippen molar-refractivity contribution in [3.63, 3.8) is 0 Å². The Labute approximate surface area is 127 Å². The fraction of sp³-hybridized carbons (Fsp3) is 0.600. The van der Waals surface area contributed by atoms with Crippen LogP contribution in [0.3, 0.4) is 0 Å². The minimum absolute atomic E-state index is 0.0170. The van der Waals surface area contributed by atoms with Crippen molar-refractivity contribution in [2.75, 3.05) is 0 Å². The predicted molar refractivity (Wildman–Crippen MR) is 83.2 cm³/mol. The molecule has 0 heterocycles. The van der Waals surface area contributed by atoms with Crippen LogP contribution in [0.2, 0.25) is 0 Å². The van der Waals surface area contributed by atoms with E-state index in [-0.39, 0.29) is 22.5 Å². The average molecular weight is 316 g/mol. The molecular weight excluding hydrogens is 291 g/mol. The largest absolute Gasteiger partial charge is 0.310 e. The molecule has 1 aromatic rings. The fourth-order valence-corrected chi connectivity index (χ4v) is 3.45. The summed E-state index contributed by atoms with van der Waals surface area (Å²) in [4.78, 5) is 0.0170. The number of rotatable bonds is 7. The summed E-state index contributed by atoms with van der Waals surface area (Å²) >= 11 is 0. The normalized spacial score (nSPS) is 13.7. The molecule has 21 heavy (non-hydrogen) atoms. The Morgan fingerprint density at radius 1 is 1.24 bits per heavy atom. The lowest BCUT2D eigenvalue weighted by molar-refractivity contribution is 0.549. The minimum Gasteiger partial charge on any atom is -0.310 e. The Morgan fingerprint density at radius 3 is 2.38 bits per heavy atom. The molecule has 1 unspecified atom stereocenters. The van der Waals surface area contributed by atoms with Crippen molar-refractivity contribution in [1.82, 2.24) is 10.0 Å². The zero-order valence-electron chi connectivity index (χ0n) is 13.3. The van der Waals surface area contributed by atoms with Crippen LogP contribution in [-0.2, 0) is 16.6 Å². The second-order valence-corrected chi connectivity index (χ2v) is 7.35. The highest BCUT2D eigenvalue weighted by molar-refractivity contribution is 7.89. The maximum absolute atomic E-state index is 14.0. The van der Waals surface area contributed by atoms with Crippen molar-refractivity contribution in [3.05, 3.63) is 29.1 Å². The average Bonchev–Trinajstić information content (AvgIpc) is 2.38. The smallest absolute Gasteiger partial charge is 0.241 e. The Hall–Kier alpha value is -0.980. The van der Waals surface area contributed by atoms with E-state index < -0.39 is 15.8 Å². The van der Waals surface area contributed by atoms with Gasteiger partial charge in [0.1, 0.15) is 5.82 Å². The van der Waals surface area contributed by atoms with Gasteiger partial charge >= 0.3 is 0 Å². The molecule has 0 fully saturated rings. The van der Waals surface area contributed by atoms with Crippen LogP contribution in [0, 0.1) is 12.7 Å². The van der Waals surface area contributed by atoms with Crippen molar-refractivity contribution in [2.45, 2.75) is 64.6 Å². The van der Waals surface area contributed by atoms with Gasteiger partial charge in [-0.1, -0.05) is 20.8 Å². The first-order chi connectivity index (χ1) is 9.67. The number of halogens is 1. The summed E-state index contributed by atoms with van der Waals surface area (Å²) in [6.07, 6.45) is 0.676. The number of hydrogen-bond acceptors (Lipinski definition) is 3. The van der Waals surface area contributed by atoms with Crippen LogP contribution < -0.4 is 10.0 Å². The zero-order chi connectivity index (χ0) is 16.2. The van der Waals surface area contributed by atoms with E-state index in [1.807, 2.05) is 20.8 Å². The third-order valence-electron chi connectivity index (χ3n) is 3.33. The van der Waals surface area contributed by atoms with E-state index in [2.05, 4.69) is 10.0 Å². The molecule has 0 saturated carbocycles. The van der Waals surface area contributed by atoms with Crippen LogP contribution in [0.5, 0.6) is 0 Å². The molecule has 0 aromatic heterocycles. The van der Waals surface area contributed by atoms with Gasteiger partial charge in [0.25, 0.3) is 0 Å². The minimum atomic E-state index is -3.70. The fourth-order valence-electron chi connectivity index (χ4n) is 1.82. The number of nitrogens with one attached hydrogen (secondary N) is 2. The quantitative estimate of drug-likeness (QED) is 0.813. The molecule has 6 heteroatoms. The molecule has 0 saturated heterocycles. The second-order valence-electron chi connectivity index (χ2n) is 5.67. The highest BCUT2D eigenvalue weighted by Crippen LogP contribution is 2.21. The summed E-state index contributed by atoms with van der Waals surface area (Å²) in [5, 5.41) is 3.16. The molecule has 0 radical (unpaired) electrons. The molecule has 0 spiro atoms. The molecule has 0 aliphatic heterocycles. The molecular formula is C15H25FN2O2S. The summed E-state index contributed by atoms with van der Waals surface area (Å²) in [5.41, 5.74) is 0.774. The Kier molecular flexibility index (Phi) is 6.31. The Balaban J connectivity index is 3.16. The van der Waals surface area contributed by atoms with E-state index in [1.165, 1.54) is 13.0 Å². The molecule has 2 N–H and O–H groups in total. The molecule has 1 aromatic carbocycles. The summed E-state index contributed by atoms with van der Waals surface area (Å²) < 4.78 is 41.3. The van der Waals surface area contributed by atoms with Gasteiger partial charge in [-0.05, 0) is 38.0 Å². The third-order valence-corrected chi connectivity index (χ3v) is 5.04. The standard InChI is InChI=1S/C15H25FN2O2S/c1-6-11(4)18-21(19,20)15-8-13(9-17-10(2)3)7-14(16)12(15)5/h7-8,10-11,17-18H,6,9H2,1-5H3. The van der Waals surface area contributed by atoms with Gasteiger partial charge < -0.3 is 5.32 Å². The summed E-state index contributed by atoms with van der Waals surface area (Å²) in [6, 6.07) is 2.98. The van der Waals surface area contributed by atoms with Crippen molar-refractivity contribution in [3.8, 4) is 0 Å². The van der Waals surface area contributed by atoms with Gasteiger partial charge in [0, 0.05) is 24.2 Å². The van der Waals surface area contributed by atoms with Gasteiger partial charge in [0.05, 0.1) is 4.90 Å². The molecule has 1 rings (SSSR count). The Morgan fingerprint density at radius 2 is 1.86 bits per heavy atom.